The Kier molecular flexibility index (Phi) is 3.69. The minimum absolute atomic E-state index is 0.00354. The number of nitro benzene ring substituents is 1. The summed E-state index contributed by atoms with van der Waals surface area (Å²) in [5.74, 6) is 0.0448. The number of rotatable bonds is 3. The fourth-order valence-corrected chi connectivity index (χ4v) is 2.26. The molecular weight excluding hydrogens is 246 g/mol. The van der Waals surface area contributed by atoms with Gasteiger partial charge in [-0.25, -0.2) is 0 Å². The molecule has 1 aliphatic heterocycles. The second-order valence-electron chi connectivity index (χ2n) is 4.96. The van der Waals surface area contributed by atoms with Crippen molar-refractivity contribution in [1.82, 2.24) is 5.32 Å². The number of nitro groups is 1. The minimum Gasteiger partial charge on any atom is -0.368 e. The first-order valence-corrected chi connectivity index (χ1v) is 6.28. The molecule has 0 aromatic heterocycles. The Labute approximate surface area is 111 Å². The van der Waals surface area contributed by atoms with Crippen LogP contribution in [0.2, 0.25) is 0 Å². The summed E-state index contributed by atoms with van der Waals surface area (Å²) in [5, 5.41) is 16.8. The zero-order chi connectivity index (χ0) is 14.0. The molecule has 0 saturated carbocycles. The summed E-state index contributed by atoms with van der Waals surface area (Å²) in [6, 6.07) is 4.43. The number of nitrogens with zero attached hydrogens (tertiary/aromatic N) is 1. The van der Waals surface area contributed by atoms with Gasteiger partial charge in [-0.2, -0.15) is 0 Å². The molecule has 2 rings (SSSR count). The average molecular weight is 263 g/mol. The smallest absolute Gasteiger partial charge is 0.292 e. The van der Waals surface area contributed by atoms with Crippen LogP contribution in [0.15, 0.2) is 18.2 Å². The first-order valence-electron chi connectivity index (χ1n) is 6.28. The second-order valence-corrected chi connectivity index (χ2v) is 4.96. The summed E-state index contributed by atoms with van der Waals surface area (Å²) in [5.41, 5.74) is 1.31. The molecule has 0 radical (unpaired) electrons. The zero-order valence-electron chi connectivity index (χ0n) is 11.0. The van der Waals surface area contributed by atoms with Crippen molar-refractivity contribution in [2.75, 3.05) is 11.9 Å². The Balaban J connectivity index is 2.29. The maximum absolute atomic E-state index is 11.8. The quantitative estimate of drug-likeness (QED) is 0.643. The van der Waals surface area contributed by atoms with Crippen molar-refractivity contribution < 1.29 is 9.72 Å². The molecule has 2 atom stereocenters. The summed E-state index contributed by atoms with van der Waals surface area (Å²) in [6.07, 6.45) is 0.864. The maximum atomic E-state index is 11.8. The third-order valence-electron chi connectivity index (χ3n) is 3.41. The Morgan fingerprint density at radius 2 is 2.21 bits per heavy atom. The molecule has 1 aromatic rings. The van der Waals surface area contributed by atoms with Crippen LogP contribution in [0.3, 0.4) is 0 Å². The molecular formula is C13H17N3O3. The monoisotopic (exact) mass is 263 g/mol. The van der Waals surface area contributed by atoms with E-state index in [2.05, 4.69) is 10.6 Å². The fourth-order valence-electron chi connectivity index (χ4n) is 2.26. The SMILES string of the molecule is Cc1ccc([N+](=O)[O-])c(NC2C(=O)NCCC2C)c1. The van der Waals surface area contributed by atoms with Crippen LogP contribution in [0, 0.1) is 23.0 Å². The lowest BCUT2D eigenvalue weighted by molar-refractivity contribution is -0.384. The van der Waals surface area contributed by atoms with Gasteiger partial charge < -0.3 is 10.6 Å². The molecule has 1 amide bonds. The van der Waals surface area contributed by atoms with Gasteiger partial charge in [-0.05, 0) is 30.9 Å². The van der Waals surface area contributed by atoms with Crippen LogP contribution in [0.4, 0.5) is 11.4 Å². The van der Waals surface area contributed by atoms with Crippen LogP contribution in [-0.4, -0.2) is 23.4 Å². The highest BCUT2D eigenvalue weighted by Crippen LogP contribution is 2.28. The standard InChI is InChI=1S/C13H17N3O3/c1-8-3-4-11(16(18)19)10(7-8)15-12-9(2)5-6-14-13(12)17/h3-4,7,9,12,15H,5-6H2,1-2H3,(H,14,17). The highest BCUT2D eigenvalue weighted by molar-refractivity contribution is 5.86. The third-order valence-corrected chi connectivity index (χ3v) is 3.41. The van der Waals surface area contributed by atoms with Crippen LogP contribution < -0.4 is 10.6 Å². The largest absolute Gasteiger partial charge is 0.368 e. The molecule has 2 N–H and O–H groups in total. The topological polar surface area (TPSA) is 84.3 Å². The highest BCUT2D eigenvalue weighted by atomic mass is 16.6. The predicted molar refractivity (Wildman–Crippen MR) is 72.0 cm³/mol. The molecule has 19 heavy (non-hydrogen) atoms. The van der Waals surface area contributed by atoms with Gasteiger partial charge in [-0.3, -0.25) is 14.9 Å². The van der Waals surface area contributed by atoms with Crippen LogP contribution in [0.1, 0.15) is 18.9 Å². The number of hydrogen-bond donors (Lipinski definition) is 2. The average Bonchev–Trinajstić information content (AvgIpc) is 2.33. The lowest BCUT2D eigenvalue weighted by atomic mass is 9.93. The number of anilines is 1. The van der Waals surface area contributed by atoms with E-state index in [1.807, 2.05) is 13.8 Å². The van der Waals surface area contributed by atoms with Crippen molar-refractivity contribution in [3.63, 3.8) is 0 Å². The normalized spacial score (nSPS) is 22.7. The summed E-state index contributed by atoms with van der Waals surface area (Å²) in [6.45, 7) is 4.49. The zero-order valence-corrected chi connectivity index (χ0v) is 11.0. The molecule has 2 unspecified atom stereocenters. The van der Waals surface area contributed by atoms with Gasteiger partial charge in [0, 0.05) is 12.6 Å². The van der Waals surface area contributed by atoms with Gasteiger partial charge in [0.1, 0.15) is 11.7 Å². The van der Waals surface area contributed by atoms with Crippen LogP contribution in [-0.2, 0) is 4.79 Å². The molecule has 0 bridgehead atoms. The molecule has 1 fully saturated rings. The number of hydrogen-bond acceptors (Lipinski definition) is 4. The van der Waals surface area contributed by atoms with E-state index in [9.17, 15) is 14.9 Å². The van der Waals surface area contributed by atoms with Crippen molar-refractivity contribution in [1.29, 1.82) is 0 Å². The van der Waals surface area contributed by atoms with Crippen LogP contribution in [0.25, 0.3) is 0 Å². The summed E-state index contributed by atoms with van der Waals surface area (Å²) in [7, 11) is 0. The van der Waals surface area contributed by atoms with Gasteiger partial charge in [0.2, 0.25) is 5.91 Å². The van der Waals surface area contributed by atoms with Gasteiger partial charge >= 0.3 is 0 Å². The lowest BCUT2D eigenvalue weighted by Crippen LogP contribution is -2.49. The summed E-state index contributed by atoms with van der Waals surface area (Å²) >= 11 is 0. The molecule has 102 valence electrons. The van der Waals surface area contributed by atoms with E-state index >= 15 is 0 Å². The van der Waals surface area contributed by atoms with E-state index in [0.29, 0.717) is 12.2 Å². The van der Waals surface area contributed by atoms with Gasteiger partial charge in [-0.15, -0.1) is 0 Å². The minimum atomic E-state index is -0.437. The number of amides is 1. The first-order chi connectivity index (χ1) is 8.99. The van der Waals surface area contributed by atoms with E-state index in [-0.39, 0.29) is 17.5 Å². The molecule has 6 heteroatoms. The van der Waals surface area contributed by atoms with E-state index in [1.165, 1.54) is 6.07 Å². The van der Waals surface area contributed by atoms with E-state index < -0.39 is 11.0 Å². The summed E-state index contributed by atoms with van der Waals surface area (Å²) in [4.78, 5) is 22.4. The van der Waals surface area contributed by atoms with E-state index in [1.54, 1.807) is 12.1 Å². The van der Waals surface area contributed by atoms with Crippen molar-refractivity contribution in [2.45, 2.75) is 26.3 Å². The molecule has 0 spiro atoms. The number of carbonyl (C=O) groups excluding carboxylic acids is 1. The Bertz CT molecular complexity index is 516. The van der Waals surface area contributed by atoms with E-state index in [0.717, 1.165) is 12.0 Å². The van der Waals surface area contributed by atoms with Crippen molar-refractivity contribution in [3.05, 3.63) is 33.9 Å². The van der Waals surface area contributed by atoms with Crippen LogP contribution in [0.5, 0.6) is 0 Å². The number of nitrogens with one attached hydrogen (secondary N) is 2. The highest BCUT2D eigenvalue weighted by Gasteiger charge is 2.30. The van der Waals surface area contributed by atoms with Crippen LogP contribution >= 0.6 is 0 Å². The Morgan fingerprint density at radius 3 is 2.84 bits per heavy atom. The molecule has 0 aliphatic carbocycles. The predicted octanol–water partition coefficient (Wildman–Crippen LogP) is 1.84. The third kappa shape index (κ3) is 2.83. The van der Waals surface area contributed by atoms with Crippen molar-refractivity contribution in [3.8, 4) is 0 Å². The number of piperidine rings is 1. The summed E-state index contributed by atoms with van der Waals surface area (Å²) < 4.78 is 0. The van der Waals surface area contributed by atoms with Gasteiger partial charge in [-0.1, -0.05) is 13.0 Å². The van der Waals surface area contributed by atoms with Gasteiger partial charge in [0.05, 0.1) is 4.92 Å². The number of carbonyl (C=O) groups is 1. The molecule has 1 aliphatic rings. The van der Waals surface area contributed by atoms with Crippen molar-refractivity contribution in [2.24, 2.45) is 5.92 Å². The number of aryl methyl sites for hydroxylation is 1. The second kappa shape index (κ2) is 5.26. The molecule has 1 heterocycles. The molecule has 6 nitrogen and oxygen atoms in total. The Morgan fingerprint density at radius 1 is 1.47 bits per heavy atom. The van der Waals surface area contributed by atoms with Crippen molar-refractivity contribution >= 4 is 17.3 Å². The first kappa shape index (κ1) is 13.3. The molecule has 1 aromatic carbocycles. The van der Waals surface area contributed by atoms with Gasteiger partial charge in [0.15, 0.2) is 0 Å². The fraction of sp³-hybridized carbons (Fsp3) is 0.462. The lowest BCUT2D eigenvalue weighted by Gasteiger charge is -2.29. The maximum Gasteiger partial charge on any atom is 0.292 e. The Hall–Kier alpha value is -2.11. The van der Waals surface area contributed by atoms with Gasteiger partial charge in [0.25, 0.3) is 5.69 Å². The number of benzene rings is 1. The molecule has 1 saturated heterocycles. The van der Waals surface area contributed by atoms with E-state index in [4.69, 9.17) is 0 Å².